The summed E-state index contributed by atoms with van der Waals surface area (Å²) >= 11 is 0. The van der Waals surface area contributed by atoms with Gasteiger partial charge in [-0.25, -0.2) is 4.79 Å². The molecule has 0 spiro atoms. The van der Waals surface area contributed by atoms with Gasteiger partial charge >= 0.3 is 12.4 Å². The summed E-state index contributed by atoms with van der Waals surface area (Å²) < 4.78 is 42.5. The maximum Gasteiger partial charge on any atom is 0.573 e. The van der Waals surface area contributed by atoms with Crippen LogP contribution in [0.3, 0.4) is 0 Å². The number of halogens is 3. The molecule has 1 aliphatic carbocycles. The van der Waals surface area contributed by atoms with E-state index in [4.69, 9.17) is 0 Å². The number of aromatic nitrogens is 3. The zero-order valence-electron chi connectivity index (χ0n) is 15.0. The zero-order chi connectivity index (χ0) is 19.7. The first-order valence-electron chi connectivity index (χ1n) is 9.16. The third kappa shape index (κ3) is 4.37. The van der Waals surface area contributed by atoms with Crippen molar-refractivity contribution in [2.75, 3.05) is 13.1 Å². The fraction of sp³-hybridized carbons (Fsp3) is 0.500. The molecule has 1 aliphatic heterocycles. The number of nitrogens with zero attached hydrogens (tertiary/aromatic N) is 4. The highest BCUT2D eigenvalue weighted by Crippen LogP contribution is 2.40. The molecule has 1 saturated heterocycles. The molecule has 1 unspecified atom stereocenters. The molecule has 7 nitrogen and oxygen atoms in total. The average molecular weight is 395 g/mol. The predicted molar refractivity (Wildman–Crippen MR) is 92.6 cm³/mol. The van der Waals surface area contributed by atoms with Gasteiger partial charge in [0.05, 0.1) is 6.04 Å². The Morgan fingerprint density at radius 3 is 2.64 bits per heavy atom. The molecule has 2 fully saturated rings. The second kappa shape index (κ2) is 7.33. The fourth-order valence-electron chi connectivity index (χ4n) is 3.42. The number of hydrogen-bond donors (Lipinski definition) is 1. The van der Waals surface area contributed by atoms with Crippen LogP contribution < -0.4 is 10.1 Å². The van der Waals surface area contributed by atoms with Crippen molar-refractivity contribution in [3.8, 4) is 5.75 Å². The summed E-state index contributed by atoms with van der Waals surface area (Å²) in [6.45, 7) is 1.45. The number of likely N-dealkylation sites (tertiary alicyclic amines) is 1. The first-order valence-corrected chi connectivity index (χ1v) is 9.16. The molecule has 1 aromatic carbocycles. The first kappa shape index (κ1) is 18.6. The maximum absolute atomic E-state index is 12.4. The van der Waals surface area contributed by atoms with Crippen LogP contribution in [0.4, 0.5) is 18.0 Å². The van der Waals surface area contributed by atoms with Crippen LogP contribution in [0.5, 0.6) is 5.75 Å². The van der Waals surface area contributed by atoms with Gasteiger partial charge in [-0.2, -0.15) is 0 Å². The molecule has 2 aliphatic rings. The Balaban J connectivity index is 1.28. The Bertz CT molecular complexity index is 832. The number of hydrogen-bond acceptors (Lipinski definition) is 4. The van der Waals surface area contributed by atoms with Crippen molar-refractivity contribution in [1.29, 1.82) is 0 Å². The lowest BCUT2D eigenvalue weighted by molar-refractivity contribution is -0.274. The number of amides is 2. The molecule has 2 heterocycles. The van der Waals surface area contributed by atoms with Gasteiger partial charge in [-0.3, -0.25) is 0 Å². The van der Waals surface area contributed by atoms with E-state index in [1.807, 2.05) is 0 Å². The number of alkyl halides is 3. The smallest absolute Gasteiger partial charge is 0.406 e. The number of carbonyl (C=O) groups is 1. The van der Waals surface area contributed by atoms with E-state index in [1.54, 1.807) is 11.2 Å². The van der Waals surface area contributed by atoms with Crippen molar-refractivity contribution >= 4 is 6.03 Å². The summed E-state index contributed by atoms with van der Waals surface area (Å²) in [5.74, 6) is 1.22. The molecule has 1 N–H and O–H groups in total. The van der Waals surface area contributed by atoms with E-state index in [-0.39, 0.29) is 24.4 Å². The Labute approximate surface area is 159 Å². The molecule has 4 rings (SSSR count). The minimum absolute atomic E-state index is 0.176. The molecule has 2 amide bonds. The number of urea groups is 1. The van der Waals surface area contributed by atoms with Gasteiger partial charge in [0, 0.05) is 25.6 Å². The van der Waals surface area contributed by atoms with Crippen molar-refractivity contribution < 1.29 is 22.7 Å². The topological polar surface area (TPSA) is 72.3 Å². The van der Waals surface area contributed by atoms with Crippen LogP contribution in [0.25, 0.3) is 0 Å². The van der Waals surface area contributed by atoms with Crippen molar-refractivity contribution in [3.63, 3.8) is 0 Å². The van der Waals surface area contributed by atoms with Gasteiger partial charge in [0.25, 0.3) is 0 Å². The van der Waals surface area contributed by atoms with E-state index in [1.165, 1.54) is 24.3 Å². The van der Waals surface area contributed by atoms with Crippen LogP contribution >= 0.6 is 0 Å². The summed E-state index contributed by atoms with van der Waals surface area (Å²) in [7, 11) is 0. The van der Waals surface area contributed by atoms with Crippen molar-refractivity contribution in [2.45, 2.75) is 44.1 Å². The van der Waals surface area contributed by atoms with Gasteiger partial charge < -0.3 is 19.5 Å². The number of benzene rings is 1. The summed E-state index contributed by atoms with van der Waals surface area (Å²) in [5, 5.41) is 11.0. The second-order valence-electron chi connectivity index (χ2n) is 7.11. The highest BCUT2D eigenvalue weighted by molar-refractivity contribution is 5.74. The predicted octanol–water partition coefficient (Wildman–Crippen LogP) is 3.21. The SMILES string of the molecule is O=C(NCc1ccc(OC(F)(F)F)cc1)N1CCC(n2cnnc2C2CC2)C1. The van der Waals surface area contributed by atoms with Crippen LogP contribution in [0.2, 0.25) is 0 Å². The zero-order valence-corrected chi connectivity index (χ0v) is 15.0. The molecule has 1 saturated carbocycles. The largest absolute Gasteiger partial charge is 0.573 e. The molecule has 28 heavy (non-hydrogen) atoms. The molecular formula is C18H20F3N5O2. The minimum atomic E-state index is -4.72. The number of ether oxygens (including phenoxy) is 1. The van der Waals surface area contributed by atoms with Crippen molar-refractivity contribution in [2.24, 2.45) is 0 Å². The molecule has 1 aromatic heterocycles. The van der Waals surface area contributed by atoms with Gasteiger partial charge in [-0.15, -0.1) is 23.4 Å². The van der Waals surface area contributed by atoms with Crippen LogP contribution in [0.15, 0.2) is 30.6 Å². The van der Waals surface area contributed by atoms with E-state index in [9.17, 15) is 18.0 Å². The average Bonchev–Trinajstić information content (AvgIpc) is 3.17. The normalized spacial score (nSPS) is 19.7. The first-order chi connectivity index (χ1) is 13.4. The lowest BCUT2D eigenvalue weighted by Gasteiger charge is -2.18. The second-order valence-corrected chi connectivity index (χ2v) is 7.11. The number of rotatable bonds is 5. The Kier molecular flexibility index (Phi) is 4.86. The number of carbonyl (C=O) groups excluding carboxylic acids is 1. The van der Waals surface area contributed by atoms with E-state index < -0.39 is 6.36 Å². The quantitative estimate of drug-likeness (QED) is 0.844. The van der Waals surface area contributed by atoms with Crippen molar-refractivity contribution in [1.82, 2.24) is 25.0 Å². The summed E-state index contributed by atoms with van der Waals surface area (Å²) in [6.07, 6.45) is 0.149. The highest BCUT2D eigenvalue weighted by Gasteiger charge is 2.34. The van der Waals surface area contributed by atoms with Crippen molar-refractivity contribution in [3.05, 3.63) is 42.0 Å². The van der Waals surface area contributed by atoms with Gasteiger partial charge in [0.1, 0.15) is 17.9 Å². The van der Waals surface area contributed by atoms with E-state index in [0.29, 0.717) is 24.6 Å². The van der Waals surface area contributed by atoms with E-state index in [2.05, 4.69) is 24.8 Å². The molecule has 150 valence electrons. The van der Waals surface area contributed by atoms with Crippen LogP contribution in [0, 0.1) is 0 Å². The summed E-state index contributed by atoms with van der Waals surface area (Å²) in [6, 6.07) is 5.42. The van der Waals surface area contributed by atoms with Gasteiger partial charge in [-0.05, 0) is 37.0 Å². The monoisotopic (exact) mass is 395 g/mol. The molecule has 0 radical (unpaired) electrons. The highest BCUT2D eigenvalue weighted by atomic mass is 19.4. The fourth-order valence-corrected chi connectivity index (χ4v) is 3.42. The Morgan fingerprint density at radius 2 is 1.96 bits per heavy atom. The molecule has 10 heteroatoms. The van der Waals surface area contributed by atoms with E-state index in [0.717, 1.165) is 25.1 Å². The Morgan fingerprint density at radius 1 is 1.21 bits per heavy atom. The van der Waals surface area contributed by atoms with Crippen LogP contribution in [0.1, 0.15) is 42.6 Å². The standard InChI is InChI=1S/C18H20F3N5O2/c19-18(20,21)28-15-5-1-12(2-6-15)9-22-17(27)25-8-7-14(10-25)26-11-23-24-16(26)13-3-4-13/h1-2,5-6,11,13-14H,3-4,7-10H2,(H,22,27). The third-order valence-corrected chi connectivity index (χ3v) is 4.99. The number of nitrogens with one attached hydrogen (secondary N) is 1. The van der Waals surface area contributed by atoms with Gasteiger partial charge in [0.2, 0.25) is 0 Å². The molecule has 2 aromatic rings. The molecule has 0 bridgehead atoms. The molecule has 1 atom stereocenters. The summed E-state index contributed by atoms with van der Waals surface area (Å²) in [4.78, 5) is 14.2. The lowest BCUT2D eigenvalue weighted by atomic mass is 10.2. The van der Waals surface area contributed by atoms with Gasteiger partial charge in [0.15, 0.2) is 0 Å². The summed E-state index contributed by atoms with van der Waals surface area (Å²) in [5.41, 5.74) is 0.688. The maximum atomic E-state index is 12.4. The Hall–Kier alpha value is -2.78. The van der Waals surface area contributed by atoms with E-state index >= 15 is 0 Å². The third-order valence-electron chi connectivity index (χ3n) is 4.99. The lowest BCUT2D eigenvalue weighted by Crippen LogP contribution is -2.38. The molecular weight excluding hydrogens is 375 g/mol. The van der Waals surface area contributed by atoms with Crippen LogP contribution in [-0.4, -0.2) is 45.1 Å². The van der Waals surface area contributed by atoms with Crippen LogP contribution in [-0.2, 0) is 6.54 Å². The van der Waals surface area contributed by atoms with Gasteiger partial charge in [-0.1, -0.05) is 12.1 Å². The minimum Gasteiger partial charge on any atom is -0.406 e.